The third-order valence-electron chi connectivity index (χ3n) is 5.30. The zero-order chi connectivity index (χ0) is 25.5. The van der Waals surface area contributed by atoms with Gasteiger partial charge in [-0.25, -0.2) is 8.42 Å². The van der Waals surface area contributed by atoms with Gasteiger partial charge in [0.05, 0.1) is 22.0 Å². The number of rotatable bonds is 11. The van der Waals surface area contributed by atoms with Crippen LogP contribution in [-0.4, -0.2) is 50.5 Å². The molecule has 0 aliphatic carbocycles. The van der Waals surface area contributed by atoms with Crippen molar-refractivity contribution in [3.05, 3.63) is 63.6 Å². The largest absolute Gasteiger partial charge is 0.354 e. The first kappa shape index (κ1) is 28.0. The van der Waals surface area contributed by atoms with Gasteiger partial charge in [-0.3, -0.25) is 13.9 Å². The van der Waals surface area contributed by atoms with E-state index >= 15 is 0 Å². The molecule has 10 heteroatoms. The average Bonchev–Trinajstić information content (AvgIpc) is 2.76. The van der Waals surface area contributed by atoms with E-state index in [-0.39, 0.29) is 28.2 Å². The fourth-order valence-corrected chi connectivity index (χ4v) is 4.51. The Morgan fingerprint density at radius 1 is 1.09 bits per heavy atom. The van der Waals surface area contributed by atoms with Crippen LogP contribution in [0.5, 0.6) is 0 Å². The summed E-state index contributed by atoms with van der Waals surface area (Å²) in [4.78, 5) is 27.7. The number of nitrogens with zero attached hydrogens (tertiary/aromatic N) is 2. The van der Waals surface area contributed by atoms with E-state index < -0.39 is 28.5 Å². The molecule has 34 heavy (non-hydrogen) atoms. The molecule has 1 atom stereocenters. The molecule has 0 saturated heterocycles. The fraction of sp³-hybridized carbons (Fsp3) is 0.417. The maximum absolute atomic E-state index is 13.5. The van der Waals surface area contributed by atoms with Gasteiger partial charge in [0, 0.05) is 13.1 Å². The average molecular weight is 529 g/mol. The summed E-state index contributed by atoms with van der Waals surface area (Å²) in [6, 6.07) is 11.1. The predicted molar refractivity (Wildman–Crippen MR) is 138 cm³/mol. The zero-order valence-electron chi connectivity index (χ0n) is 19.8. The van der Waals surface area contributed by atoms with Gasteiger partial charge in [0.25, 0.3) is 0 Å². The van der Waals surface area contributed by atoms with Crippen molar-refractivity contribution in [1.82, 2.24) is 10.2 Å². The summed E-state index contributed by atoms with van der Waals surface area (Å²) in [6.45, 7) is 5.76. The minimum Gasteiger partial charge on any atom is -0.354 e. The second-order valence-electron chi connectivity index (χ2n) is 8.20. The topological polar surface area (TPSA) is 86.8 Å². The molecule has 1 unspecified atom stereocenters. The molecule has 0 aromatic heterocycles. The molecule has 1 N–H and O–H groups in total. The van der Waals surface area contributed by atoms with Gasteiger partial charge in [-0.1, -0.05) is 66.4 Å². The lowest BCUT2D eigenvalue weighted by Gasteiger charge is -2.31. The second-order valence-corrected chi connectivity index (χ2v) is 10.9. The highest BCUT2D eigenvalue weighted by Gasteiger charge is 2.30. The van der Waals surface area contributed by atoms with E-state index in [2.05, 4.69) is 5.32 Å². The Balaban J connectivity index is 2.37. The number of carbonyl (C=O) groups is 2. The van der Waals surface area contributed by atoms with E-state index in [1.54, 1.807) is 6.92 Å². The van der Waals surface area contributed by atoms with Crippen LogP contribution in [0.2, 0.25) is 10.0 Å². The zero-order valence-corrected chi connectivity index (χ0v) is 22.2. The summed E-state index contributed by atoms with van der Waals surface area (Å²) in [5, 5.41) is 3.28. The molecule has 0 spiro atoms. The number of halogens is 2. The van der Waals surface area contributed by atoms with Crippen LogP contribution in [0.4, 0.5) is 5.69 Å². The lowest BCUT2D eigenvalue weighted by Crippen LogP contribution is -2.51. The third-order valence-corrected chi connectivity index (χ3v) is 7.18. The van der Waals surface area contributed by atoms with Crippen molar-refractivity contribution in [3.8, 4) is 0 Å². The molecule has 0 aliphatic rings. The van der Waals surface area contributed by atoms with E-state index in [4.69, 9.17) is 23.2 Å². The highest BCUT2D eigenvalue weighted by Crippen LogP contribution is 2.28. The highest BCUT2D eigenvalue weighted by atomic mass is 35.5. The van der Waals surface area contributed by atoms with Crippen LogP contribution in [0.15, 0.2) is 42.5 Å². The molecule has 2 aromatic carbocycles. The standard InChI is InChI=1S/C24H31Cl2N3O4S/c1-5-6-12-27-24(31)18(3)28(15-19-9-7-8-17(2)13-19)23(30)16-29(34(4,32)33)20-10-11-21(25)22(26)14-20/h7-11,13-14,18H,5-6,12,15-16H2,1-4H3,(H,27,31). The van der Waals surface area contributed by atoms with E-state index in [1.165, 1.54) is 23.1 Å². The van der Waals surface area contributed by atoms with Crippen molar-refractivity contribution in [3.63, 3.8) is 0 Å². The molecule has 0 fully saturated rings. The first-order valence-corrected chi connectivity index (χ1v) is 13.6. The van der Waals surface area contributed by atoms with Gasteiger partial charge < -0.3 is 10.2 Å². The van der Waals surface area contributed by atoms with Crippen molar-refractivity contribution in [1.29, 1.82) is 0 Å². The Morgan fingerprint density at radius 2 is 1.79 bits per heavy atom. The fourth-order valence-electron chi connectivity index (χ4n) is 3.38. The van der Waals surface area contributed by atoms with Crippen LogP contribution in [-0.2, 0) is 26.2 Å². The predicted octanol–water partition coefficient (Wildman–Crippen LogP) is 4.40. The molecule has 2 amide bonds. The van der Waals surface area contributed by atoms with E-state index in [0.717, 1.165) is 34.5 Å². The number of nitrogens with one attached hydrogen (secondary N) is 1. The third kappa shape index (κ3) is 7.89. The second kappa shape index (κ2) is 12.4. The number of hydrogen-bond acceptors (Lipinski definition) is 4. The first-order valence-electron chi connectivity index (χ1n) is 11.0. The Hall–Kier alpha value is -2.29. The smallest absolute Gasteiger partial charge is 0.244 e. The molecule has 0 bridgehead atoms. The number of aryl methyl sites for hydroxylation is 1. The Morgan fingerprint density at radius 3 is 2.38 bits per heavy atom. The number of unbranched alkanes of at least 4 members (excludes halogenated alkanes) is 1. The monoisotopic (exact) mass is 527 g/mol. The van der Waals surface area contributed by atoms with Crippen molar-refractivity contribution in [2.75, 3.05) is 23.7 Å². The normalized spacial score (nSPS) is 12.2. The lowest BCUT2D eigenvalue weighted by atomic mass is 10.1. The van der Waals surface area contributed by atoms with Gasteiger partial charge in [-0.15, -0.1) is 0 Å². The number of anilines is 1. The van der Waals surface area contributed by atoms with Crippen LogP contribution < -0.4 is 9.62 Å². The molecule has 7 nitrogen and oxygen atoms in total. The summed E-state index contributed by atoms with van der Waals surface area (Å²) in [5.41, 5.74) is 2.06. The number of benzene rings is 2. The molecule has 0 heterocycles. The number of carbonyl (C=O) groups excluding carboxylic acids is 2. The Bertz CT molecular complexity index is 1120. The number of hydrogen-bond donors (Lipinski definition) is 1. The number of sulfonamides is 1. The molecule has 2 rings (SSSR count). The van der Waals surface area contributed by atoms with E-state index in [9.17, 15) is 18.0 Å². The maximum atomic E-state index is 13.5. The Kier molecular flexibility index (Phi) is 10.2. The van der Waals surface area contributed by atoms with Gasteiger partial charge in [0.1, 0.15) is 12.6 Å². The minimum absolute atomic E-state index is 0.155. The quantitative estimate of drug-likeness (QED) is 0.438. The molecular weight excluding hydrogens is 497 g/mol. The lowest BCUT2D eigenvalue weighted by molar-refractivity contribution is -0.139. The first-order chi connectivity index (χ1) is 15.9. The van der Waals surface area contributed by atoms with Crippen molar-refractivity contribution >= 4 is 50.7 Å². The Labute approximate surface area is 212 Å². The van der Waals surface area contributed by atoms with E-state index in [1.807, 2.05) is 38.1 Å². The molecule has 0 saturated carbocycles. The molecule has 186 valence electrons. The summed E-state index contributed by atoms with van der Waals surface area (Å²) in [7, 11) is -3.84. The molecule has 2 aromatic rings. The molecule has 0 radical (unpaired) electrons. The SMILES string of the molecule is CCCCNC(=O)C(C)N(Cc1cccc(C)c1)C(=O)CN(c1ccc(Cl)c(Cl)c1)S(C)(=O)=O. The molecule has 0 aliphatic heterocycles. The van der Waals surface area contributed by atoms with Gasteiger partial charge in [-0.05, 0) is 44.0 Å². The summed E-state index contributed by atoms with van der Waals surface area (Å²) in [5.74, 6) is -0.814. The van der Waals surface area contributed by atoms with Gasteiger partial charge in [-0.2, -0.15) is 0 Å². The van der Waals surface area contributed by atoms with Crippen molar-refractivity contribution < 1.29 is 18.0 Å². The summed E-state index contributed by atoms with van der Waals surface area (Å²) < 4.78 is 26.1. The van der Waals surface area contributed by atoms with Crippen LogP contribution >= 0.6 is 23.2 Å². The minimum atomic E-state index is -3.84. The maximum Gasteiger partial charge on any atom is 0.244 e. The van der Waals surface area contributed by atoms with Gasteiger partial charge in [0.2, 0.25) is 21.8 Å². The van der Waals surface area contributed by atoms with Gasteiger partial charge in [0.15, 0.2) is 0 Å². The number of amides is 2. The van der Waals surface area contributed by atoms with Crippen LogP contribution in [0.1, 0.15) is 37.8 Å². The molecular formula is C24H31Cl2N3O4S. The highest BCUT2D eigenvalue weighted by molar-refractivity contribution is 7.92. The van der Waals surface area contributed by atoms with Crippen LogP contribution in [0.25, 0.3) is 0 Å². The summed E-state index contributed by atoms with van der Waals surface area (Å²) in [6.07, 6.45) is 2.76. The van der Waals surface area contributed by atoms with Crippen LogP contribution in [0.3, 0.4) is 0 Å². The van der Waals surface area contributed by atoms with Crippen molar-refractivity contribution in [2.24, 2.45) is 0 Å². The van der Waals surface area contributed by atoms with Gasteiger partial charge >= 0.3 is 0 Å². The van der Waals surface area contributed by atoms with Crippen molar-refractivity contribution in [2.45, 2.75) is 46.2 Å². The van der Waals surface area contributed by atoms with E-state index in [0.29, 0.717) is 6.54 Å². The summed E-state index contributed by atoms with van der Waals surface area (Å²) >= 11 is 12.0. The van der Waals surface area contributed by atoms with Crippen LogP contribution in [0, 0.1) is 6.92 Å².